The summed E-state index contributed by atoms with van der Waals surface area (Å²) in [5.74, 6) is -0.667. The van der Waals surface area contributed by atoms with Gasteiger partial charge in [-0.1, -0.05) is 5.16 Å². The van der Waals surface area contributed by atoms with Crippen LogP contribution in [0.15, 0.2) is 5.16 Å². The molecule has 0 saturated carbocycles. The Labute approximate surface area is 60.6 Å². The average Bonchev–Trinajstić information content (AvgIpc) is 1.87. The molecule has 0 aromatic carbocycles. The van der Waals surface area contributed by atoms with Gasteiger partial charge in [-0.05, 0) is 22.9 Å². The quantitative estimate of drug-likeness (QED) is 0.306. The minimum atomic E-state index is -0.667. The fourth-order valence-electron chi connectivity index (χ4n) is 0.231. The molecule has 0 spiro atoms. The molecule has 9 heavy (non-hydrogen) atoms. The maximum atomic E-state index is 10.4. The maximum Gasteiger partial charge on any atom is 0.367 e. The number of oxime groups is 1. The Balaban J connectivity index is 3.74. The van der Waals surface area contributed by atoms with Crippen LogP contribution in [0, 0.1) is 0 Å². The van der Waals surface area contributed by atoms with Gasteiger partial charge in [0.15, 0.2) is 0 Å². The van der Waals surface area contributed by atoms with Gasteiger partial charge in [0.1, 0.15) is 0 Å². The van der Waals surface area contributed by atoms with Gasteiger partial charge in [-0.3, -0.25) is 0 Å². The first-order valence-electron chi connectivity index (χ1n) is 2.27. The second kappa shape index (κ2) is 4.31. The molecule has 1 N–H and O–H groups in total. The van der Waals surface area contributed by atoms with Crippen LogP contribution < -0.4 is 0 Å². The van der Waals surface area contributed by atoms with Gasteiger partial charge in [0.25, 0.3) is 0 Å². The molecule has 0 aliphatic heterocycles. The van der Waals surface area contributed by atoms with Crippen molar-refractivity contribution in [2.45, 2.75) is 6.92 Å². The van der Waals surface area contributed by atoms with E-state index >= 15 is 0 Å². The summed E-state index contributed by atoms with van der Waals surface area (Å²) in [6.45, 7) is 1.93. The van der Waals surface area contributed by atoms with Crippen LogP contribution in [0.25, 0.3) is 0 Å². The molecule has 0 aromatic rings. The smallest absolute Gasteiger partial charge is 0.367 e. The maximum absolute atomic E-state index is 10.4. The van der Waals surface area contributed by atoms with Crippen LogP contribution in [0.2, 0.25) is 0 Å². The molecule has 0 unspecified atom stereocenters. The van der Waals surface area contributed by atoms with Crippen molar-refractivity contribution in [2.75, 3.05) is 6.61 Å². The van der Waals surface area contributed by atoms with Gasteiger partial charge in [-0.25, -0.2) is 4.79 Å². The van der Waals surface area contributed by atoms with E-state index in [2.05, 4.69) is 25.8 Å². The molecule has 0 fully saturated rings. The van der Waals surface area contributed by atoms with Crippen LogP contribution in [0.4, 0.5) is 0 Å². The van der Waals surface area contributed by atoms with Crippen molar-refractivity contribution in [1.29, 1.82) is 0 Å². The van der Waals surface area contributed by atoms with Crippen molar-refractivity contribution in [3.8, 4) is 0 Å². The van der Waals surface area contributed by atoms with Crippen molar-refractivity contribution < 1.29 is 14.7 Å². The molecule has 0 bridgehead atoms. The molecule has 0 rings (SSSR count). The molecular formula is C4H6BrNO3. The molecule has 52 valence electrons. The molecule has 5 heteroatoms. The fraction of sp³-hybridized carbons (Fsp3) is 0.500. The Morgan fingerprint density at radius 1 is 1.89 bits per heavy atom. The van der Waals surface area contributed by atoms with Crippen LogP contribution in [0.5, 0.6) is 0 Å². The van der Waals surface area contributed by atoms with Gasteiger partial charge >= 0.3 is 5.97 Å². The predicted octanol–water partition coefficient (Wildman–Crippen LogP) is 0.732. The van der Waals surface area contributed by atoms with Gasteiger partial charge in [-0.15, -0.1) is 0 Å². The molecule has 0 amide bonds. The third-order valence-corrected chi connectivity index (χ3v) is 1.01. The lowest BCUT2D eigenvalue weighted by Gasteiger charge is -1.94. The number of esters is 1. The van der Waals surface area contributed by atoms with Gasteiger partial charge in [0.2, 0.25) is 4.62 Å². The molecule has 0 aliphatic rings. The highest BCUT2D eigenvalue weighted by Gasteiger charge is 2.07. The fourth-order valence-corrected chi connectivity index (χ4v) is 0.346. The summed E-state index contributed by atoms with van der Waals surface area (Å²) in [6.07, 6.45) is 0. The van der Waals surface area contributed by atoms with Crippen molar-refractivity contribution in [3.05, 3.63) is 0 Å². The second-order valence-corrected chi connectivity index (χ2v) is 1.86. The number of halogens is 1. The van der Waals surface area contributed by atoms with Crippen molar-refractivity contribution >= 4 is 26.5 Å². The highest BCUT2D eigenvalue weighted by atomic mass is 79.9. The highest BCUT2D eigenvalue weighted by molar-refractivity contribution is 9.19. The molecular weight excluding hydrogens is 190 g/mol. The molecule has 0 saturated heterocycles. The van der Waals surface area contributed by atoms with E-state index in [1.807, 2.05) is 0 Å². The zero-order chi connectivity index (χ0) is 7.28. The van der Waals surface area contributed by atoms with E-state index in [1.54, 1.807) is 6.92 Å². The third kappa shape index (κ3) is 3.07. The van der Waals surface area contributed by atoms with E-state index in [-0.39, 0.29) is 11.2 Å². The number of carbonyl (C=O) groups is 1. The standard InChI is InChI=1S/C4H6BrNO3/c1-2-9-4(7)3(5)6-8/h8H,2H2,1H3. The highest BCUT2D eigenvalue weighted by Crippen LogP contribution is 1.91. The third-order valence-electron chi connectivity index (χ3n) is 0.532. The molecule has 4 nitrogen and oxygen atoms in total. The number of ether oxygens (including phenoxy) is 1. The lowest BCUT2D eigenvalue weighted by molar-refractivity contribution is -0.134. The minimum absolute atomic E-state index is 0.218. The minimum Gasteiger partial charge on any atom is -0.461 e. The zero-order valence-corrected chi connectivity index (χ0v) is 6.38. The Kier molecular flexibility index (Phi) is 4.04. The van der Waals surface area contributed by atoms with Crippen molar-refractivity contribution in [3.63, 3.8) is 0 Å². The first-order valence-corrected chi connectivity index (χ1v) is 3.06. The van der Waals surface area contributed by atoms with Crippen molar-refractivity contribution in [1.82, 2.24) is 0 Å². The normalized spacial score (nSPS) is 11.1. The van der Waals surface area contributed by atoms with E-state index < -0.39 is 5.97 Å². The second-order valence-electron chi connectivity index (χ2n) is 1.11. The lowest BCUT2D eigenvalue weighted by atomic mass is 10.7. The summed E-state index contributed by atoms with van der Waals surface area (Å²) in [5, 5.41) is 10.5. The van der Waals surface area contributed by atoms with Crippen LogP contribution in [-0.2, 0) is 9.53 Å². The SMILES string of the molecule is CCOC(=O)C(Br)=NO. The van der Waals surface area contributed by atoms with E-state index in [9.17, 15) is 4.79 Å². The Hall–Kier alpha value is -0.580. The summed E-state index contributed by atoms with van der Waals surface area (Å²) >= 11 is 2.67. The molecule has 0 aromatic heterocycles. The average molecular weight is 196 g/mol. The number of rotatable bonds is 2. The van der Waals surface area contributed by atoms with E-state index in [0.717, 1.165) is 0 Å². The summed E-state index contributed by atoms with van der Waals surface area (Å²) in [5.41, 5.74) is 0. The van der Waals surface area contributed by atoms with E-state index in [1.165, 1.54) is 0 Å². The topological polar surface area (TPSA) is 58.9 Å². The van der Waals surface area contributed by atoms with Crippen molar-refractivity contribution in [2.24, 2.45) is 5.16 Å². The molecule has 0 heterocycles. The van der Waals surface area contributed by atoms with Crippen LogP contribution in [0.3, 0.4) is 0 Å². The molecule has 0 atom stereocenters. The summed E-state index contributed by atoms with van der Waals surface area (Å²) in [7, 11) is 0. The van der Waals surface area contributed by atoms with Gasteiger partial charge < -0.3 is 9.94 Å². The first kappa shape index (κ1) is 8.42. The van der Waals surface area contributed by atoms with Crippen LogP contribution in [0.1, 0.15) is 6.92 Å². The molecule has 0 radical (unpaired) electrons. The van der Waals surface area contributed by atoms with Gasteiger partial charge in [0, 0.05) is 0 Å². The van der Waals surface area contributed by atoms with E-state index in [4.69, 9.17) is 5.21 Å². The summed E-state index contributed by atoms with van der Waals surface area (Å²) in [6, 6.07) is 0. The zero-order valence-electron chi connectivity index (χ0n) is 4.80. The Bertz CT molecular complexity index is 134. The Morgan fingerprint density at radius 2 is 2.44 bits per heavy atom. The molecule has 0 aliphatic carbocycles. The number of hydrogen-bond acceptors (Lipinski definition) is 4. The monoisotopic (exact) mass is 195 g/mol. The lowest BCUT2D eigenvalue weighted by Crippen LogP contribution is -2.11. The predicted molar refractivity (Wildman–Crippen MR) is 34.8 cm³/mol. The summed E-state index contributed by atoms with van der Waals surface area (Å²) in [4.78, 5) is 10.4. The van der Waals surface area contributed by atoms with Crippen LogP contribution >= 0.6 is 15.9 Å². The summed E-state index contributed by atoms with van der Waals surface area (Å²) < 4.78 is 4.20. The number of nitrogens with zero attached hydrogens (tertiary/aromatic N) is 1. The number of carbonyl (C=O) groups excluding carboxylic acids is 1. The number of hydrogen-bond donors (Lipinski definition) is 1. The first-order chi connectivity index (χ1) is 4.22. The van der Waals surface area contributed by atoms with Gasteiger partial charge in [0.05, 0.1) is 6.61 Å². The van der Waals surface area contributed by atoms with Gasteiger partial charge in [-0.2, -0.15) is 0 Å². The van der Waals surface area contributed by atoms with E-state index in [0.29, 0.717) is 0 Å². The Morgan fingerprint density at radius 3 is 2.78 bits per heavy atom. The largest absolute Gasteiger partial charge is 0.461 e. The van der Waals surface area contributed by atoms with Crippen LogP contribution in [-0.4, -0.2) is 22.4 Å².